The number of nitrogens with zero attached hydrogens (tertiary/aromatic N) is 2. The molecule has 0 atom stereocenters. The summed E-state index contributed by atoms with van der Waals surface area (Å²) in [5.74, 6) is 0. The topological polar surface area (TPSA) is 16.1 Å². The number of thiophene rings is 2. The number of aromatic nitrogens is 1. The highest BCUT2D eigenvalue weighted by Crippen LogP contribution is 2.44. The molecule has 0 unspecified atom stereocenters. The molecule has 0 saturated heterocycles. The zero-order valence-electron chi connectivity index (χ0n) is 27.4. The third-order valence-electron chi connectivity index (χ3n) is 10.3. The van der Waals surface area contributed by atoms with Crippen LogP contribution in [-0.2, 0) is 0 Å². The molecule has 11 aromatic rings. The molecule has 0 radical (unpaired) electrons. The summed E-state index contributed by atoms with van der Waals surface area (Å²) < 4.78 is 5.32. The van der Waals surface area contributed by atoms with E-state index >= 15 is 0 Å². The Hall–Kier alpha value is -6.07. The van der Waals surface area contributed by atoms with Gasteiger partial charge in [0, 0.05) is 86.0 Å². The summed E-state index contributed by atoms with van der Waals surface area (Å²) in [7, 11) is 0. The standard InChI is InChI=1S/C47H28N2S2/c1-3-7-44-38(5-1)40-21-15-30-13-19-36(26-42(30)46(40)50-44)49(35-17-11-29(12-18-35)32-9-10-34-28-48-24-23-33(34)25-32)37-20-14-31-16-22-41-39-6-2-4-8-45(39)51-47(41)43(31)27-37/h1-28H. The van der Waals surface area contributed by atoms with E-state index in [1.807, 2.05) is 35.1 Å². The van der Waals surface area contributed by atoms with Gasteiger partial charge in [-0.1, -0.05) is 97.1 Å². The lowest BCUT2D eigenvalue weighted by atomic mass is 10.0. The van der Waals surface area contributed by atoms with Gasteiger partial charge in [0.15, 0.2) is 0 Å². The fourth-order valence-electron chi connectivity index (χ4n) is 7.77. The van der Waals surface area contributed by atoms with Crippen LogP contribution in [0.25, 0.3) is 83.8 Å². The molecule has 3 heterocycles. The van der Waals surface area contributed by atoms with Gasteiger partial charge in [0.25, 0.3) is 0 Å². The van der Waals surface area contributed by atoms with Gasteiger partial charge in [0.2, 0.25) is 0 Å². The second kappa shape index (κ2) is 11.2. The number of hydrogen-bond donors (Lipinski definition) is 0. The van der Waals surface area contributed by atoms with Gasteiger partial charge in [-0.05, 0) is 87.9 Å². The Morgan fingerprint density at radius 3 is 1.53 bits per heavy atom. The first-order chi connectivity index (χ1) is 25.2. The van der Waals surface area contributed by atoms with Crippen molar-refractivity contribution in [1.82, 2.24) is 4.98 Å². The van der Waals surface area contributed by atoms with Gasteiger partial charge in [0.05, 0.1) is 0 Å². The number of rotatable bonds is 4. The molecule has 8 aromatic carbocycles. The van der Waals surface area contributed by atoms with Crippen LogP contribution in [0.4, 0.5) is 17.1 Å². The van der Waals surface area contributed by atoms with Crippen molar-refractivity contribution in [3.63, 3.8) is 0 Å². The van der Waals surface area contributed by atoms with Crippen molar-refractivity contribution in [2.75, 3.05) is 4.90 Å². The lowest BCUT2D eigenvalue weighted by molar-refractivity contribution is 1.30. The lowest BCUT2D eigenvalue weighted by Gasteiger charge is -2.26. The maximum Gasteiger partial charge on any atom is 0.0468 e. The second-order valence-electron chi connectivity index (χ2n) is 13.2. The molecule has 0 saturated carbocycles. The van der Waals surface area contributed by atoms with Crippen molar-refractivity contribution in [2.45, 2.75) is 0 Å². The van der Waals surface area contributed by atoms with Crippen molar-refractivity contribution in [3.05, 3.63) is 170 Å². The molecular weight excluding hydrogens is 657 g/mol. The van der Waals surface area contributed by atoms with Gasteiger partial charge >= 0.3 is 0 Å². The second-order valence-corrected chi connectivity index (χ2v) is 15.3. The summed E-state index contributed by atoms with van der Waals surface area (Å²) >= 11 is 3.78. The Kier molecular flexibility index (Phi) is 6.32. The zero-order chi connectivity index (χ0) is 33.5. The minimum atomic E-state index is 1.12. The number of anilines is 3. The van der Waals surface area contributed by atoms with E-state index in [1.54, 1.807) is 0 Å². The summed E-state index contributed by atoms with van der Waals surface area (Å²) in [5.41, 5.74) is 5.79. The first kappa shape index (κ1) is 28.7. The molecule has 4 heteroatoms. The van der Waals surface area contributed by atoms with E-state index in [9.17, 15) is 0 Å². The predicted molar refractivity (Wildman–Crippen MR) is 223 cm³/mol. The lowest BCUT2D eigenvalue weighted by Crippen LogP contribution is -2.10. The van der Waals surface area contributed by atoms with Crippen molar-refractivity contribution in [3.8, 4) is 11.1 Å². The number of benzene rings is 8. The highest BCUT2D eigenvalue weighted by Gasteiger charge is 2.17. The van der Waals surface area contributed by atoms with Gasteiger partial charge in [-0.15, -0.1) is 22.7 Å². The molecule has 0 fully saturated rings. The fraction of sp³-hybridized carbons (Fsp3) is 0. The SMILES string of the molecule is c1ccc2c(c1)sc1c3cc(N(c4ccc(-c5ccc6cnccc6c5)cc4)c4ccc5ccc6c7ccccc7sc6c5c4)ccc3ccc21. The average molecular weight is 685 g/mol. The molecule has 0 spiro atoms. The average Bonchev–Trinajstić information content (AvgIpc) is 3.77. The third-order valence-corrected chi connectivity index (χ3v) is 12.7. The third kappa shape index (κ3) is 4.58. The predicted octanol–water partition coefficient (Wildman–Crippen LogP) is 14.4. The number of hydrogen-bond acceptors (Lipinski definition) is 4. The Morgan fingerprint density at radius 1 is 0.373 bits per heavy atom. The first-order valence-electron chi connectivity index (χ1n) is 17.2. The molecule has 2 nitrogen and oxygen atoms in total. The summed E-state index contributed by atoms with van der Waals surface area (Å²) in [5, 5.41) is 12.7. The first-order valence-corrected chi connectivity index (χ1v) is 18.8. The molecule has 238 valence electrons. The van der Waals surface area contributed by atoms with Crippen LogP contribution in [0.3, 0.4) is 0 Å². The Morgan fingerprint density at radius 2 is 0.902 bits per heavy atom. The Balaban J connectivity index is 1.12. The van der Waals surface area contributed by atoms with E-state index < -0.39 is 0 Å². The molecule has 0 aliphatic heterocycles. The Bertz CT molecular complexity index is 3000. The normalized spacial score (nSPS) is 11.9. The monoisotopic (exact) mass is 684 g/mol. The van der Waals surface area contributed by atoms with Crippen molar-refractivity contribution in [2.24, 2.45) is 0 Å². The summed E-state index contributed by atoms with van der Waals surface area (Å²) in [6, 6.07) is 58.2. The van der Waals surface area contributed by atoms with Gasteiger partial charge in [-0.2, -0.15) is 0 Å². The highest BCUT2D eigenvalue weighted by molar-refractivity contribution is 7.27. The minimum absolute atomic E-state index is 1.12. The van der Waals surface area contributed by atoms with E-state index in [0.29, 0.717) is 0 Å². The van der Waals surface area contributed by atoms with Crippen LogP contribution >= 0.6 is 22.7 Å². The molecule has 0 aliphatic carbocycles. The summed E-state index contributed by atoms with van der Waals surface area (Å²) in [4.78, 5) is 6.72. The fourth-order valence-corrected chi connectivity index (χ4v) is 10.2. The molecule has 51 heavy (non-hydrogen) atoms. The highest BCUT2D eigenvalue weighted by atomic mass is 32.1. The van der Waals surface area contributed by atoms with Gasteiger partial charge in [0.1, 0.15) is 0 Å². The Labute approximate surface area is 302 Å². The number of fused-ring (bicyclic) bond motifs is 11. The largest absolute Gasteiger partial charge is 0.310 e. The van der Waals surface area contributed by atoms with Crippen LogP contribution in [0.15, 0.2) is 170 Å². The molecule has 3 aromatic heterocycles. The summed E-state index contributed by atoms with van der Waals surface area (Å²) in [6.07, 6.45) is 3.78. The smallest absolute Gasteiger partial charge is 0.0468 e. The van der Waals surface area contributed by atoms with E-state index in [4.69, 9.17) is 0 Å². The van der Waals surface area contributed by atoms with Crippen molar-refractivity contribution < 1.29 is 0 Å². The number of pyridine rings is 1. The van der Waals surface area contributed by atoms with Crippen molar-refractivity contribution in [1.29, 1.82) is 0 Å². The van der Waals surface area contributed by atoms with Gasteiger partial charge in [-0.25, -0.2) is 0 Å². The van der Waals surface area contributed by atoms with Crippen LogP contribution < -0.4 is 4.90 Å². The van der Waals surface area contributed by atoms with Crippen LogP contribution in [0, 0.1) is 0 Å². The minimum Gasteiger partial charge on any atom is -0.310 e. The van der Waals surface area contributed by atoms with Crippen LogP contribution in [0.5, 0.6) is 0 Å². The van der Waals surface area contributed by atoms with Crippen LogP contribution in [-0.4, -0.2) is 4.98 Å². The van der Waals surface area contributed by atoms with Gasteiger partial charge in [-0.3, -0.25) is 4.98 Å². The molecular formula is C47H28N2S2. The molecule has 11 rings (SSSR count). The maximum atomic E-state index is 4.29. The summed E-state index contributed by atoms with van der Waals surface area (Å²) in [6.45, 7) is 0. The maximum absolute atomic E-state index is 4.29. The molecule has 0 N–H and O–H groups in total. The van der Waals surface area contributed by atoms with Crippen LogP contribution in [0.1, 0.15) is 0 Å². The van der Waals surface area contributed by atoms with Gasteiger partial charge < -0.3 is 4.90 Å². The molecule has 0 amide bonds. The molecule has 0 bridgehead atoms. The molecule has 0 aliphatic rings. The van der Waals surface area contributed by atoms with E-state index in [1.165, 1.54) is 78.4 Å². The quantitative estimate of drug-likeness (QED) is 0.183. The van der Waals surface area contributed by atoms with Crippen molar-refractivity contribution >= 4 is 112 Å². The van der Waals surface area contributed by atoms with E-state index in [0.717, 1.165) is 22.4 Å². The van der Waals surface area contributed by atoms with E-state index in [2.05, 4.69) is 168 Å². The van der Waals surface area contributed by atoms with E-state index in [-0.39, 0.29) is 0 Å². The zero-order valence-corrected chi connectivity index (χ0v) is 29.0. The van der Waals surface area contributed by atoms with Crippen LogP contribution in [0.2, 0.25) is 0 Å².